The molecule has 144 valence electrons. The van der Waals surface area contributed by atoms with E-state index in [-0.39, 0.29) is 0 Å². The predicted molar refractivity (Wildman–Crippen MR) is 107 cm³/mol. The van der Waals surface area contributed by atoms with Gasteiger partial charge >= 0.3 is 9.05 Å². The molecule has 0 aliphatic heterocycles. The van der Waals surface area contributed by atoms with Crippen molar-refractivity contribution in [2.24, 2.45) is 0 Å². The van der Waals surface area contributed by atoms with Crippen LogP contribution in [0.2, 0.25) is 0 Å². The van der Waals surface area contributed by atoms with E-state index in [1.54, 1.807) is 0 Å². The largest absolute Gasteiger partial charge is 0.680 e. The summed E-state index contributed by atoms with van der Waals surface area (Å²) in [5.74, 6) is 0. The molecule has 0 aromatic heterocycles. The van der Waals surface area contributed by atoms with E-state index >= 15 is 0 Å². The highest BCUT2D eigenvalue weighted by molar-refractivity contribution is 6.53. The Kier molecular flexibility index (Phi) is 12.7. The zero-order chi connectivity index (χ0) is 19.3. The van der Waals surface area contributed by atoms with Gasteiger partial charge in [-0.2, -0.15) is 0 Å². The van der Waals surface area contributed by atoms with Crippen molar-refractivity contribution in [1.82, 2.24) is 0 Å². The van der Waals surface area contributed by atoms with E-state index in [1.165, 1.54) is 0 Å². The van der Waals surface area contributed by atoms with Crippen LogP contribution < -0.4 is 0 Å². The van der Waals surface area contributed by atoms with Crippen molar-refractivity contribution in [3.05, 3.63) is 48.6 Å². The molecule has 5 heteroatoms. The molecule has 0 aliphatic rings. The van der Waals surface area contributed by atoms with E-state index in [9.17, 15) is 0 Å². The quantitative estimate of drug-likeness (QED) is 0.272. The summed E-state index contributed by atoms with van der Waals surface area (Å²) in [6.07, 6.45) is 3.32. The molecule has 0 saturated carbocycles. The van der Waals surface area contributed by atoms with Gasteiger partial charge in [0.1, 0.15) is 0 Å². The van der Waals surface area contributed by atoms with E-state index in [0.29, 0.717) is 26.4 Å². The van der Waals surface area contributed by atoms with Crippen molar-refractivity contribution in [2.45, 2.75) is 53.4 Å². The van der Waals surface area contributed by atoms with Gasteiger partial charge in [0.2, 0.25) is 0 Å². The second-order valence-corrected chi connectivity index (χ2v) is 8.22. The van der Waals surface area contributed by atoms with Crippen LogP contribution in [0.1, 0.15) is 53.4 Å². The molecule has 0 saturated heterocycles. The molecule has 0 unspecified atom stereocenters. The van der Waals surface area contributed by atoms with Crippen LogP contribution in [-0.2, 0) is 17.7 Å². The highest BCUT2D eigenvalue weighted by Crippen LogP contribution is 2.19. The van der Waals surface area contributed by atoms with Gasteiger partial charge in [0.25, 0.3) is 0 Å². The van der Waals surface area contributed by atoms with Crippen molar-refractivity contribution in [2.75, 3.05) is 26.4 Å². The third-order valence-corrected chi connectivity index (χ3v) is 5.80. The van der Waals surface area contributed by atoms with Crippen molar-refractivity contribution < 1.29 is 17.7 Å². The second kappa shape index (κ2) is 13.3. The highest BCUT2D eigenvalue weighted by Gasteiger charge is 2.46. The normalized spacial score (nSPS) is 11.4. The number of hydrogen-bond acceptors (Lipinski definition) is 4. The van der Waals surface area contributed by atoms with Crippen LogP contribution in [0.15, 0.2) is 48.6 Å². The minimum atomic E-state index is -3.36. The lowest BCUT2D eigenvalue weighted by atomic mass is 10.3. The molecule has 0 aliphatic carbocycles. The van der Waals surface area contributed by atoms with Gasteiger partial charge in [0.15, 0.2) is 0 Å². The van der Waals surface area contributed by atoms with E-state index in [2.05, 4.69) is 26.3 Å². The van der Waals surface area contributed by atoms with Gasteiger partial charge in [-0.1, -0.05) is 76.3 Å². The number of rotatable bonds is 16. The maximum atomic E-state index is 6.02. The van der Waals surface area contributed by atoms with Gasteiger partial charge in [-0.25, -0.2) is 0 Å². The van der Waals surface area contributed by atoms with Gasteiger partial charge in [0.05, 0.1) is 26.4 Å². The molecule has 0 rings (SSSR count). The minimum absolute atomic E-state index is 0.346. The van der Waals surface area contributed by atoms with Gasteiger partial charge in [-0.15, -0.1) is 0 Å². The summed E-state index contributed by atoms with van der Waals surface area (Å²) in [4.78, 5) is 0. The molecule has 0 amide bonds. The molecule has 25 heavy (non-hydrogen) atoms. The average Bonchev–Trinajstić information content (AvgIpc) is 2.65. The van der Waals surface area contributed by atoms with Gasteiger partial charge in [-0.05, 0) is 25.7 Å². The molecular weight excluding hydrogens is 332 g/mol. The molecular formula is C20H36O4Si. The second-order valence-electron chi connectivity index (χ2n) is 6.07. The summed E-state index contributed by atoms with van der Waals surface area (Å²) >= 11 is 0. The zero-order valence-electron chi connectivity index (χ0n) is 16.6. The summed E-state index contributed by atoms with van der Waals surface area (Å²) in [5.41, 5.74) is 3.85. The lowest BCUT2D eigenvalue weighted by Gasteiger charge is -2.29. The van der Waals surface area contributed by atoms with E-state index < -0.39 is 9.05 Å². The molecule has 0 radical (unpaired) electrons. The monoisotopic (exact) mass is 368 g/mol. The molecule has 0 spiro atoms. The first-order valence-electron chi connectivity index (χ1n) is 9.04. The third kappa shape index (κ3) is 10.6. The fraction of sp³-hybridized carbons (Fsp3) is 0.600. The fourth-order valence-corrected chi connectivity index (χ4v) is 3.44. The van der Waals surface area contributed by atoms with Crippen molar-refractivity contribution in [1.29, 1.82) is 0 Å². The summed E-state index contributed by atoms with van der Waals surface area (Å²) in [7, 11) is -3.36. The van der Waals surface area contributed by atoms with Crippen LogP contribution in [0, 0.1) is 0 Å². The van der Waals surface area contributed by atoms with E-state index in [4.69, 9.17) is 17.7 Å². The summed E-state index contributed by atoms with van der Waals surface area (Å²) in [6.45, 7) is 25.5. The Morgan fingerprint density at radius 1 is 0.520 bits per heavy atom. The smallest absolute Gasteiger partial charge is 0.347 e. The summed E-state index contributed by atoms with van der Waals surface area (Å²) < 4.78 is 24.1. The topological polar surface area (TPSA) is 36.9 Å². The van der Waals surface area contributed by atoms with Crippen LogP contribution in [0.3, 0.4) is 0 Å². The highest BCUT2D eigenvalue weighted by atomic mass is 28.4. The Hall–Kier alpha value is -0.983. The molecule has 0 N–H and O–H groups in total. The van der Waals surface area contributed by atoms with Gasteiger partial charge < -0.3 is 17.7 Å². The molecule has 0 atom stereocenters. The third-order valence-electron chi connectivity index (χ3n) is 3.81. The Bertz CT molecular complexity index is 371. The SMILES string of the molecule is C=C(CC)CO[Si](OCC(=C)CC)(OCC(=C)CC)OCC(=C)CC. The average molecular weight is 369 g/mol. The molecule has 0 aromatic carbocycles. The van der Waals surface area contributed by atoms with Crippen LogP contribution in [0.4, 0.5) is 0 Å². The first kappa shape index (κ1) is 24.0. The molecule has 0 fully saturated rings. The lowest BCUT2D eigenvalue weighted by molar-refractivity contribution is -0.0179. The number of hydrogen-bond donors (Lipinski definition) is 0. The van der Waals surface area contributed by atoms with Crippen molar-refractivity contribution in [3.8, 4) is 0 Å². The molecule has 0 heterocycles. The van der Waals surface area contributed by atoms with Crippen LogP contribution in [0.5, 0.6) is 0 Å². The first-order chi connectivity index (χ1) is 11.8. The van der Waals surface area contributed by atoms with E-state index in [1.807, 2.05) is 27.7 Å². The first-order valence-corrected chi connectivity index (χ1v) is 10.7. The summed E-state index contributed by atoms with van der Waals surface area (Å²) in [6, 6.07) is 0. The van der Waals surface area contributed by atoms with Gasteiger partial charge in [-0.3, -0.25) is 0 Å². The van der Waals surface area contributed by atoms with Gasteiger partial charge in [0, 0.05) is 0 Å². The van der Waals surface area contributed by atoms with Crippen LogP contribution in [-0.4, -0.2) is 35.5 Å². The minimum Gasteiger partial charge on any atom is -0.347 e. The molecule has 0 aromatic rings. The maximum absolute atomic E-state index is 6.02. The van der Waals surface area contributed by atoms with Crippen LogP contribution >= 0.6 is 0 Å². The van der Waals surface area contributed by atoms with Crippen molar-refractivity contribution in [3.63, 3.8) is 0 Å². The Morgan fingerprint density at radius 2 is 0.720 bits per heavy atom. The van der Waals surface area contributed by atoms with Crippen molar-refractivity contribution >= 4 is 9.05 Å². The van der Waals surface area contributed by atoms with E-state index in [0.717, 1.165) is 48.0 Å². The maximum Gasteiger partial charge on any atom is 0.680 e. The molecule has 0 bridgehead atoms. The Balaban J connectivity index is 5.24. The Morgan fingerprint density at radius 3 is 0.880 bits per heavy atom. The zero-order valence-corrected chi connectivity index (χ0v) is 17.6. The van der Waals surface area contributed by atoms with Crippen LogP contribution in [0.25, 0.3) is 0 Å². The molecule has 4 nitrogen and oxygen atoms in total. The Labute approximate surface area is 155 Å². The fourth-order valence-electron chi connectivity index (χ4n) is 1.42. The standard InChI is InChI=1S/C20H36O4Si/c1-9-17(5)13-21-25(22-14-18(6)10-2,23-15-19(7)11-3)24-16-20(8)12-4/h5-16H2,1-4H3. The lowest BCUT2D eigenvalue weighted by Crippen LogP contribution is -2.50. The summed E-state index contributed by atoms with van der Waals surface area (Å²) in [5, 5.41) is 0. The predicted octanol–water partition coefficient (Wildman–Crippen LogP) is 5.35.